The number of aromatic nitrogens is 2. The van der Waals surface area contributed by atoms with Crippen LogP contribution in [0.1, 0.15) is 45.7 Å². The Balaban J connectivity index is 1.92. The van der Waals surface area contributed by atoms with E-state index in [9.17, 15) is 5.11 Å². The van der Waals surface area contributed by atoms with Crippen molar-refractivity contribution < 1.29 is 5.11 Å². The molecule has 0 bridgehead atoms. The molecular weight excluding hydrogens is 238 g/mol. The number of aryl methyl sites for hydroxylation is 1. The van der Waals surface area contributed by atoms with Crippen LogP contribution >= 0.6 is 0 Å². The monoisotopic (exact) mass is 263 g/mol. The number of anilines is 1. The number of aliphatic hydroxyl groups is 1. The van der Waals surface area contributed by atoms with Gasteiger partial charge in [0.2, 0.25) is 0 Å². The summed E-state index contributed by atoms with van der Waals surface area (Å²) in [5.41, 5.74) is 0.337. The van der Waals surface area contributed by atoms with Crippen molar-refractivity contribution in [3.63, 3.8) is 0 Å². The van der Waals surface area contributed by atoms with Crippen molar-refractivity contribution in [3.05, 3.63) is 18.1 Å². The van der Waals surface area contributed by atoms with Crippen LogP contribution in [0.15, 0.2) is 12.4 Å². The van der Waals surface area contributed by atoms with Crippen molar-refractivity contribution in [1.29, 1.82) is 0 Å². The van der Waals surface area contributed by atoms with Gasteiger partial charge in [-0.3, -0.25) is 4.98 Å². The maximum Gasteiger partial charge on any atom is 0.144 e. The molecule has 0 aliphatic heterocycles. The number of hydrogen-bond acceptors (Lipinski definition) is 4. The maximum atomic E-state index is 10.6. The smallest absolute Gasteiger partial charge is 0.144 e. The lowest BCUT2D eigenvalue weighted by atomic mass is 9.63. The molecule has 0 radical (unpaired) electrons. The Morgan fingerprint density at radius 1 is 1.37 bits per heavy atom. The number of nitrogens with one attached hydrogen (secondary N) is 1. The van der Waals surface area contributed by atoms with Crippen molar-refractivity contribution in [2.24, 2.45) is 11.3 Å². The minimum Gasteiger partial charge on any atom is -0.390 e. The average Bonchev–Trinajstić information content (AvgIpc) is 2.31. The molecule has 1 heterocycles. The molecular formula is C15H25N3O. The molecule has 0 amide bonds. The molecule has 2 rings (SSSR count). The second-order valence-corrected chi connectivity index (χ2v) is 6.69. The lowest BCUT2D eigenvalue weighted by Crippen LogP contribution is -2.48. The summed E-state index contributed by atoms with van der Waals surface area (Å²) in [6, 6.07) is 0. The van der Waals surface area contributed by atoms with Gasteiger partial charge in [0.05, 0.1) is 17.5 Å². The second kappa shape index (κ2) is 5.08. The minimum absolute atomic E-state index is 0.00659. The molecule has 1 aromatic rings. The number of nitrogens with zero attached hydrogens (tertiary/aromatic N) is 2. The molecule has 4 nitrogen and oxygen atoms in total. The molecule has 1 aromatic heterocycles. The van der Waals surface area contributed by atoms with Crippen molar-refractivity contribution in [1.82, 2.24) is 9.97 Å². The molecule has 2 atom stereocenters. The fraction of sp³-hybridized carbons (Fsp3) is 0.733. The van der Waals surface area contributed by atoms with Crippen LogP contribution in [-0.4, -0.2) is 27.2 Å². The van der Waals surface area contributed by atoms with E-state index >= 15 is 0 Å². The minimum atomic E-state index is -0.587. The van der Waals surface area contributed by atoms with E-state index in [2.05, 4.69) is 29.1 Å². The van der Waals surface area contributed by atoms with Gasteiger partial charge in [-0.1, -0.05) is 13.8 Å². The van der Waals surface area contributed by atoms with Crippen LogP contribution in [0.2, 0.25) is 0 Å². The zero-order valence-corrected chi connectivity index (χ0v) is 12.4. The number of hydrogen-bond donors (Lipinski definition) is 2. The molecule has 19 heavy (non-hydrogen) atoms. The topological polar surface area (TPSA) is 58.0 Å². The molecule has 0 aromatic carbocycles. The van der Waals surface area contributed by atoms with E-state index in [1.54, 1.807) is 12.4 Å². The van der Waals surface area contributed by atoms with Crippen LogP contribution in [0, 0.1) is 18.3 Å². The Kier molecular flexibility index (Phi) is 3.81. The Morgan fingerprint density at radius 2 is 2.11 bits per heavy atom. The first-order chi connectivity index (χ1) is 8.80. The summed E-state index contributed by atoms with van der Waals surface area (Å²) >= 11 is 0. The fourth-order valence-electron chi connectivity index (χ4n) is 2.75. The van der Waals surface area contributed by atoms with Crippen LogP contribution in [0.5, 0.6) is 0 Å². The van der Waals surface area contributed by atoms with Crippen LogP contribution in [-0.2, 0) is 0 Å². The highest BCUT2D eigenvalue weighted by Crippen LogP contribution is 2.45. The zero-order valence-electron chi connectivity index (χ0n) is 12.4. The molecule has 0 saturated heterocycles. The van der Waals surface area contributed by atoms with Gasteiger partial charge in [-0.25, -0.2) is 4.98 Å². The van der Waals surface area contributed by atoms with E-state index in [-0.39, 0.29) is 5.41 Å². The van der Waals surface area contributed by atoms with Crippen molar-refractivity contribution in [2.75, 3.05) is 11.9 Å². The summed E-state index contributed by atoms with van der Waals surface area (Å²) in [5, 5.41) is 13.9. The van der Waals surface area contributed by atoms with Gasteiger partial charge in [0, 0.05) is 12.7 Å². The first-order valence-electron chi connectivity index (χ1n) is 7.05. The van der Waals surface area contributed by atoms with Gasteiger partial charge in [0.25, 0.3) is 0 Å². The van der Waals surface area contributed by atoms with Gasteiger partial charge in [0.15, 0.2) is 0 Å². The van der Waals surface area contributed by atoms with E-state index < -0.39 is 5.60 Å². The van der Waals surface area contributed by atoms with Gasteiger partial charge in [-0.15, -0.1) is 0 Å². The first-order valence-corrected chi connectivity index (χ1v) is 7.05. The second-order valence-electron chi connectivity index (χ2n) is 6.69. The lowest BCUT2D eigenvalue weighted by molar-refractivity contribution is -0.0961. The summed E-state index contributed by atoms with van der Waals surface area (Å²) in [5.74, 6) is 1.31. The third kappa shape index (κ3) is 3.24. The van der Waals surface area contributed by atoms with E-state index in [1.165, 1.54) is 0 Å². The standard InChI is InChI=1S/C15H25N3O/c1-11-8-16-10-13(18-11)17-9-12-5-6-14(2,3)15(4,19)7-12/h8,10,12,19H,5-7,9H2,1-4H3,(H,17,18). The van der Waals surface area contributed by atoms with E-state index in [1.807, 2.05) is 13.8 Å². The third-order valence-electron chi connectivity index (χ3n) is 4.65. The van der Waals surface area contributed by atoms with Gasteiger partial charge >= 0.3 is 0 Å². The van der Waals surface area contributed by atoms with Gasteiger partial charge in [-0.05, 0) is 44.4 Å². The molecule has 1 fully saturated rings. The quantitative estimate of drug-likeness (QED) is 0.880. The Hall–Kier alpha value is -1.16. The normalized spacial score (nSPS) is 30.1. The Bertz CT molecular complexity index is 443. The molecule has 106 valence electrons. The summed E-state index contributed by atoms with van der Waals surface area (Å²) in [7, 11) is 0. The number of rotatable bonds is 3. The van der Waals surface area contributed by atoms with Crippen molar-refractivity contribution in [3.8, 4) is 0 Å². The summed E-state index contributed by atoms with van der Waals surface area (Å²) in [6.07, 6.45) is 6.55. The van der Waals surface area contributed by atoms with Crippen LogP contribution in [0.25, 0.3) is 0 Å². The highest BCUT2D eigenvalue weighted by Gasteiger charge is 2.44. The predicted molar refractivity (Wildman–Crippen MR) is 77.0 cm³/mol. The molecule has 1 aliphatic carbocycles. The maximum absolute atomic E-state index is 10.6. The van der Waals surface area contributed by atoms with Crippen LogP contribution in [0.4, 0.5) is 5.82 Å². The highest BCUT2D eigenvalue weighted by atomic mass is 16.3. The summed E-state index contributed by atoms with van der Waals surface area (Å²) in [4.78, 5) is 8.51. The van der Waals surface area contributed by atoms with Crippen LogP contribution in [0.3, 0.4) is 0 Å². The van der Waals surface area contributed by atoms with Crippen molar-refractivity contribution in [2.45, 2.75) is 52.6 Å². The van der Waals surface area contributed by atoms with E-state index in [0.717, 1.165) is 37.3 Å². The van der Waals surface area contributed by atoms with Crippen molar-refractivity contribution >= 4 is 5.82 Å². The Morgan fingerprint density at radius 3 is 2.74 bits per heavy atom. The van der Waals surface area contributed by atoms with Gasteiger partial charge in [0.1, 0.15) is 5.82 Å². The molecule has 2 unspecified atom stereocenters. The highest BCUT2D eigenvalue weighted by molar-refractivity contribution is 5.31. The molecule has 2 N–H and O–H groups in total. The van der Waals surface area contributed by atoms with Gasteiger partial charge < -0.3 is 10.4 Å². The van der Waals surface area contributed by atoms with E-state index in [0.29, 0.717) is 5.92 Å². The largest absolute Gasteiger partial charge is 0.390 e. The van der Waals surface area contributed by atoms with Crippen LogP contribution < -0.4 is 5.32 Å². The SMILES string of the molecule is Cc1cncc(NCC2CCC(C)(C)C(C)(O)C2)n1. The lowest BCUT2D eigenvalue weighted by Gasteiger charge is -2.47. The fourth-order valence-corrected chi connectivity index (χ4v) is 2.75. The summed E-state index contributed by atoms with van der Waals surface area (Å²) < 4.78 is 0. The summed E-state index contributed by atoms with van der Waals surface area (Å²) in [6.45, 7) is 9.06. The zero-order chi connectivity index (χ0) is 14.1. The molecule has 1 aliphatic rings. The van der Waals surface area contributed by atoms with E-state index in [4.69, 9.17) is 0 Å². The average molecular weight is 263 g/mol. The van der Waals surface area contributed by atoms with Gasteiger partial charge in [-0.2, -0.15) is 0 Å². The third-order valence-corrected chi connectivity index (χ3v) is 4.65. The Labute approximate surface area is 115 Å². The molecule has 0 spiro atoms. The predicted octanol–water partition coefficient (Wildman–Crippen LogP) is 2.77. The molecule has 1 saturated carbocycles. The first kappa shape index (κ1) is 14.3. The molecule has 4 heteroatoms.